The number of aryl methyl sites for hydroxylation is 2. The maximum Gasteiger partial charge on any atom is 0.252 e. The molecule has 4 nitrogen and oxygen atoms in total. The number of anilines is 1. The van der Waals surface area contributed by atoms with Crippen LogP contribution in [0.15, 0.2) is 35.0 Å². The van der Waals surface area contributed by atoms with E-state index in [-0.39, 0.29) is 18.2 Å². The van der Waals surface area contributed by atoms with Gasteiger partial charge >= 0.3 is 0 Å². The zero-order valence-electron chi connectivity index (χ0n) is 13.5. The molecular formula is C18H22N2O2S. The number of carbonyl (C=O) groups is 2. The minimum absolute atomic E-state index is 0.0776. The first kappa shape index (κ1) is 17.2. The number of nitrogens with one attached hydrogen (secondary N) is 2. The van der Waals surface area contributed by atoms with Gasteiger partial charge in [-0.1, -0.05) is 32.0 Å². The van der Waals surface area contributed by atoms with Crippen LogP contribution in [0.2, 0.25) is 0 Å². The van der Waals surface area contributed by atoms with Crippen molar-refractivity contribution >= 4 is 28.8 Å². The van der Waals surface area contributed by atoms with Crippen molar-refractivity contribution in [2.24, 2.45) is 0 Å². The minimum atomic E-state index is -0.137. The second-order valence-electron chi connectivity index (χ2n) is 5.22. The summed E-state index contributed by atoms with van der Waals surface area (Å²) in [4.78, 5) is 24.0. The Morgan fingerprint density at radius 3 is 2.35 bits per heavy atom. The second-order valence-corrected chi connectivity index (χ2v) is 6.00. The number of carbonyl (C=O) groups excluding carboxylic acids is 2. The molecule has 0 fully saturated rings. The van der Waals surface area contributed by atoms with Crippen molar-refractivity contribution in [3.05, 3.63) is 51.7 Å². The highest BCUT2D eigenvalue weighted by Gasteiger charge is 2.11. The van der Waals surface area contributed by atoms with E-state index < -0.39 is 0 Å². The van der Waals surface area contributed by atoms with Crippen molar-refractivity contribution in [2.45, 2.75) is 33.1 Å². The average molecular weight is 330 g/mol. The van der Waals surface area contributed by atoms with Crippen LogP contribution in [0.5, 0.6) is 0 Å². The standard InChI is InChI=1S/C18H22N2O2S/c1-3-13-6-5-7-14(4-2)17(13)20-16(21)8-10-19-18(22)15-9-11-23-12-15/h5-7,9,11-12H,3-4,8,10H2,1-2H3,(H,19,22)(H,20,21). The molecule has 2 rings (SSSR count). The van der Waals surface area contributed by atoms with Gasteiger partial charge in [0.15, 0.2) is 0 Å². The molecule has 2 N–H and O–H groups in total. The fourth-order valence-electron chi connectivity index (χ4n) is 2.39. The molecule has 1 aromatic heterocycles. The lowest BCUT2D eigenvalue weighted by atomic mass is 10.0. The molecule has 0 bridgehead atoms. The van der Waals surface area contributed by atoms with Gasteiger partial charge in [-0.25, -0.2) is 0 Å². The fourth-order valence-corrected chi connectivity index (χ4v) is 3.03. The monoisotopic (exact) mass is 330 g/mol. The molecule has 2 amide bonds. The lowest BCUT2D eigenvalue weighted by Crippen LogP contribution is -2.27. The number of para-hydroxylation sites is 1. The number of amides is 2. The Morgan fingerprint density at radius 1 is 1.09 bits per heavy atom. The molecule has 0 saturated carbocycles. The quantitative estimate of drug-likeness (QED) is 0.814. The van der Waals surface area contributed by atoms with Crippen LogP contribution in [0.3, 0.4) is 0 Å². The van der Waals surface area contributed by atoms with E-state index in [1.165, 1.54) is 11.3 Å². The van der Waals surface area contributed by atoms with Crippen LogP contribution in [0, 0.1) is 0 Å². The molecule has 0 radical (unpaired) electrons. The summed E-state index contributed by atoms with van der Waals surface area (Å²) in [5.41, 5.74) is 3.84. The van der Waals surface area contributed by atoms with Crippen molar-refractivity contribution in [3.63, 3.8) is 0 Å². The van der Waals surface area contributed by atoms with Gasteiger partial charge in [-0.3, -0.25) is 9.59 Å². The summed E-state index contributed by atoms with van der Waals surface area (Å²) < 4.78 is 0. The number of hydrogen-bond donors (Lipinski definition) is 2. The van der Waals surface area contributed by atoms with E-state index in [0.717, 1.165) is 29.7 Å². The number of rotatable bonds is 7. The first-order valence-electron chi connectivity index (χ1n) is 7.86. The smallest absolute Gasteiger partial charge is 0.252 e. The van der Waals surface area contributed by atoms with Crippen LogP contribution < -0.4 is 10.6 Å². The molecule has 122 valence electrons. The third kappa shape index (κ3) is 4.66. The summed E-state index contributed by atoms with van der Waals surface area (Å²) >= 11 is 1.48. The van der Waals surface area contributed by atoms with E-state index in [4.69, 9.17) is 0 Å². The van der Waals surface area contributed by atoms with Crippen LogP contribution in [-0.2, 0) is 17.6 Å². The van der Waals surface area contributed by atoms with Gasteiger partial charge < -0.3 is 10.6 Å². The second kappa shape index (κ2) is 8.48. The summed E-state index contributed by atoms with van der Waals surface area (Å²) in [5, 5.41) is 9.42. The van der Waals surface area contributed by atoms with E-state index in [1.54, 1.807) is 11.4 Å². The normalized spacial score (nSPS) is 10.3. The summed E-state index contributed by atoms with van der Waals surface area (Å²) in [6.45, 7) is 4.48. The van der Waals surface area contributed by atoms with Gasteiger partial charge in [0.2, 0.25) is 5.91 Å². The molecule has 0 saturated heterocycles. The molecule has 5 heteroatoms. The van der Waals surface area contributed by atoms with Crippen LogP contribution >= 0.6 is 11.3 Å². The Bertz CT molecular complexity index is 643. The van der Waals surface area contributed by atoms with Crippen molar-refractivity contribution in [2.75, 3.05) is 11.9 Å². The Labute approximate surface area is 140 Å². The molecule has 0 aliphatic carbocycles. The lowest BCUT2D eigenvalue weighted by molar-refractivity contribution is -0.116. The highest BCUT2D eigenvalue weighted by molar-refractivity contribution is 7.08. The molecule has 0 atom stereocenters. The summed E-state index contributed by atoms with van der Waals surface area (Å²) in [5.74, 6) is -0.214. The largest absolute Gasteiger partial charge is 0.351 e. The maximum absolute atomic E-state index is 12.2. The topological polar surface area (TPSA) is 58.2 Å². The molecule has 0 aliphatic heterocycles. The lowest BCUT2D eigenvalue weighted by Gasteiger charge is -2.14. The Hall–Kier alpha value is -2.14. The molecule has 1 aromatic carbocycles. The molecule has 0 unspecified atom stereocenters. The average Bonchev–Trinajstić information content (AvgIpc) is 3.09. The third-order valence-corrected chi connectivity index (χ3v) is 4.37. The van der Waals surface area contributed by atoms with Crippen LogP contribution in [0.4, 0.5) is 5.69 Å². The van der Waals surface area contributed by atoms with Gasteiger partial charge in [0.1, 0.15) is 0 Å². The van der Waals surface area contributed by atoms with Gasteiger partial charge in [-0.2, -0.15) is 11.3 Å². The maximum atomic E-state index is 12.2. The van der Waals surface area contributed by atoms with Gasteiger partial charge in [0.25, 0.3) is 5.91 Å². The van der Waals surface area contributed by atoms with Crippen molar-refractivity contribution in [3.8, 4) is 0 Å². The highest BCUT2D eigenvalue weighted by Crippen LogP contribution is 2.22. The zero-order valence-corrected chi connectivity index (χ0v) is 14.3. The van der Waals surface area contributed by atoms with Gasteiger partial charge in [-0.15, -0.1) is 0 Å². The molecule has 1 heterocycles. The molecule has 0 spiro atoms. The molecular weight excluding hydrogens is 308 g/mol. The number of benzene rings is 1. The highest BCUT2D eigenvalue weighted by atomic mass is 32.1. The predicted octanol–water partition coefficient (Wildman–Crippen LogP) is 3.63. The molecule has 2 aromatic rings. The summed E-state index contributed by atoms with van der Waals surface area (Å²) in [7, 11) is 0. The van der Waals surface area contributed by atoms with E-state index in [0.29, 0.717) is 12.1 Å². The van der Waals surface area contributed by atoms with E-state index in [9.17, 15) is 9.59 Å². The Balaban J connectivity index is 1.89. The minimum Gasteiger partial charge on any atom is -0.351 e. The predicted molar refractivity (Wildman–Crippen MR) is 95.1 cm³/mol. The zero-order chi connectivity index (χ0) is 16.7. The summed E-state index contributed by atoms with van der Waals surface area (Å²) in [6, 6.07) is 7.86. The first-order chi connectivity index (χ1) is 11.2. The van der Waals surface area contributed by atoms with Gasteiger partial charge in [0.05, 0.1) is 0 Å². The van der Waals surface area contributed by atoms with Gasteiger partial charge in [0, 0.05) is 29.6 Å². The van der Waals surface area contributed by atoms with Crippen molar-refractivity contribution in [1.29, 1.82) is 0 Å². The third-order valence-electron chi connectivity index (χ3n) is 3.68. The Kier molecular flexibility index (Phi) is 6.35. The van der Waals surface area contributed by atoms with E-state index >= 15 is 0 Å². The number of thiophene rings is 1. The first-order valence-corrected chi connectivity index (χ1v) is 8.81. The molecule has 0 aliphatic rings. The van der Waals surface area contributed by atoms with Crippen LogP contribution in [0.1, 0.15) is 41.8 Å². The fraction of sp³-hybridized carbons (Fsp3) is 0.333. The molecule has 23 heavy (non-hydrogen) atoms. The number of hydrogen-bond acceptors (Lipinski definition) is 3. The SMILES string of the molecule is CCc1cccc(CC)c1NC(=O)CCNC(=O)c1ccsc1. The Morgan fingerprint density at radius 2 is 1.78 bits per heavy atom. The van der Waals surface area contributed by atoms with Crippen LogP contribution in [0.25, 0.3) is 0 Å². The van der Waals surface area contributed by atoms with Crippen LogP contribution in [-0.4, -0.2) is 18.4 Å². The van der Waals surface area contributed by atoms with E-state index in [1.807, 2.05) is 23.6 Å². The van der Waals surface area contributed by atoms with Crippen molar-refractivity contribution < 1.29 is 9.59 Å². The summed E-state index contributed by atoms with van der Waals surface area (Å²) in [6.07, 6.45) is 2.01. The van der Waals surface area contributed by atoms with Crippen molar-refractivity contribution in [1.82, 2.24) is 5.32 Å². The van der Waals surface area contributed by atoms with E-state index in [2.05, 4.69) is 24.5 Å². The van der Waals surface area contributed by atoms with Gasteiger partial charge in [-0.05, 0) is 35.4 Å².